The summed E-state index contributed by atoms with van der Waals surface area (Å²) in [5, 5.41) is 14.7. The van der Waals surface area contributed by atoms with Gasteiger partial charge >= 0.3 is 0 Å². The van der Waals surface area contributed by atoms with Gasteiger partial charge in [0, 0.05) is 6.02 Å². The normalized spacial score (nSPS) is 24.2. The summed E-state index contributed by atoms with van der Waals surface area (Å²) in [7, 11) is 0. The van der Waals surface area contributed by atoms with Crippen molar-refractivity contribution in [1.82, 2.24) is 5.32 Å². The molecule has 0 radical (unpaired) electrons. The summed E-state index contributed by atoms with van der Waals surface area (Å²) in [5.74, 6) is 0. The van der Waals surface area contributed by atoms with Crippen molar-refractivity contribution in [2.75, 3.05) is 6.54 Å². The van der Waals surface area contributed by atoms with Crippen molar-refractivity contribution in [1.29, 1.82) is 0 Å². The van der Waals surface area contributed by atoms with Gasteiger partial charge in [0.05, 0.1) is 1.37 Å². The van der Waals surface area contributed by atoms with E-state index in [0.717, 1.165) is 24.1 Å². The zero-order valence-corrected chi connectivity index (χ0v) is 10.8. The minimum absolute atomic E-state index is 0.632. The Hall–Kier alpha value is -1.64. The first kappa shape index (κ1) is 11.2. The fraction of sp³-hybridized carbons (Fsp3) is 0.294. The lowest BCUT2D eigenvalue weighted by Crippen LogP contribution is -2.46. The Balaban J connectivity index is 2.18. The monoisotopic (exact) mass is 254 g/mol. The van der Waals surface area contributed by atoms with Crippen LogP contribution in [0.3, 0.4) is 0 Å². The van der Waals surface area contributed by atoms with Gasteiger partial charge in [0.2, 0.25) is 0 Å². The van der Waals surface area contributed by atoms with Gasteiger partial charge in [-0.15, -0.1) is 0 Å². The zero-order valence-electron chi connectivity index (χ0n) is 11.8. The molecular weight excluding hydrogens is 234 g/mol. The van der Waals surface area contributed by atoms with Crippen LogP contribution >= 0.6 is 0 Å². The first-order valence-corrected chi connectivity index (χ1v) is 6.75. The molecule has 1 unspecified atom stereocenters. The SMILES string of the molecule is [2H]C1(C(O)(c2ccccc2)c2ccccc2)CCCN1. The van der Waals surface area contributed by atoms with Gasteiger partial charge < -0.3 is 10.4 Å². The predicted molar refractivity (Wildman–Crippen MR) is 76.9 cm³/mol. The second-order valence-electron chi connectivity index (χ2n) is 4.95. The fourth-order valence-electron chi connectivity index (χ4n) is 2.78. The van der Waals surface area contributed by atoms with Crippen molar-refractivity contribution in [3.05, 3.63) is 71.8 Å². The van der Waals surface area contributed by atoms with Crippen LogP contribution in [0.25, 0.3) is 0 Å². The van der Waals surface area contributed by atoms with E-state index in [1.165, 1.54) is 0 Å². The largest absolute Gasteiger partial charge is 0.379 e. The number of hydrogen-bond acceptors (Lipinski definition) is 2. The van der Waals surface area contributed by atoms with Crippen molar-refractivity contribution >= 4 is 0 Å². The van der Waals surface area contributed by atoms with Crippen LogP contribution in [0, 0.1) is 0 Å². The molecular formula is C17H19NO. The van der Waals surface area contributed by atoms with Crippen LogP contribution in [0.5, 0.6) is 0 Å². The molecule has 3 rings (SSSR count). The van der Waals surface area contributed by atoms with Gasteiger partial charge in [0.25, 0.3) is 0 Å². The summed E-state index contributed by atoms with van der Waals surface area (Å²) in [6.07, 6.45) is 1.54. The highest BCUT2D eigenvalue weighted by Crippen LogP contribution is 2.36. The van der Waals surface area contributed by atoms with Crippen LogP contribution in [0.15, 0.2) is 60.7 Å². The molecule has 1 aliphatic rings. The first-order chi connectivity index (χ1) is 9.67. The molecule has 2 aromatic carbocycles. The molecule has 0 aromatic heterocycles. The molecule has 1 fully saturated rings. The minimum Gasteiger partial charge on any atom is -0.379 e. The quantitative estimate of drug-likeness (QED) is 0.882. The summed E-state index contributed by atoms with van der Waals surface area (Å²) >= 11 is 0. The molecule has 0 saturated carbocycles. The number of aliphatic hydroxyl groups is 1. The third kappa shape index (κ3) is 2.18. The standard InChI is InChI=1S/C17H19NO/c19-17(16-12-7-13-18-16,14-8-3-1-4-9-14)15-10-5-2-6-11-15/h1-6,8-11,16,18-19H,7,12-13H2/i16D. The first-order valence-electron chi connectivity index (χ1n) is 7.25. The number of hydrogen-bond donors (Lipinski definition) is 2. The second-order valence-corrected chi connectivity index (χ2v) is 4.95. The van der Waals surface area contributed by atoms with Gasteiger partial charge in [0.15, 0.2) is 0 Å². The molecule has 1 atom stereocenters. The molecule has 98 valence electrons. The van der Waals surface area contributed by atoms with Gasteiger partial charge in [-0.25, -0.2) is 0 Å². The predicted octanol–water partition coefficient (Wildman–Crippen LogP) is 2.67. The Morgan fingerprint density at radius 1 is 1.00 bits per heavy atom. The maximum absolute atomic E-state index is 11.5. The fourth-order valence-corrected chi connectivity index (χ4v) is 2.78. The van der Waals surface area contributed by atoms with Crippen molar-refractivity contribution in [3.8, 4) is 0 Å². The van der Waals surface area contributed by atoms with Gasteiger partial charge in [-0.3, -0.25) is 0 Å². The number of benzene rings is 2. The van der Waals surface area contributed by atoms with Crippen molar-refractivity contribution in [3.63, 3.8) is 0 Å². The van der Waals surface area contributed by atoms with E-state index in [1.807, 2.05) is 60.7 Å². The van der Waals surface area contributed by atoms with Crippen LogP contribution in [0.2, 0.25) is 0 Å². The van der Waals surface area contributed by atoms with E-state index in [4.69, 9.17) is 1.37 Å². The molecule has 19 heavy (non-hydrogen) atoms. The third-order valence-electron chi connectivity index (χ3n) is 3.76. The second kappa shape index (κ2) is 5.16. The molecule has 2 aromatic rings. The van der Waals surface area contributed by atoms with E-state index in [0.29, 0.717) is 6.42 Å². The Bertz CT molecular complexity index is 525. The molecule has 2 N–H and O–H groups in total. The Labute approximate surface area is 115 Å². The molecule has 0 amide bonds. The summed E-state index contributed by atoms with van der Waals surface area (Å²) in [4.78, 5) is 0. The minimum atomic E-state index is -1.34. The topological polar surface area (TPSA) is 32.3 Å². The Kier molecular flexibility index (Phi) is 3.04. The van der Waals surface area contributed by atoms with Crippen LogP contribution in [-0.2, 0) is 5.60 Å². The summed E-state index contributed by atoms with van der Waals surface area (Å²) in [6, 6.07) is 17.9. The van der Waals surface area contributed by atoms with E-state index in [1.54, 1.807) is 0 Å². The van der Waals surface area contributed by atoms with Crippen molar-refractivity contribution < 1.29 is 6.48 Å². The van der Waals surface area contributed by atoms with E-state index >= 15 is 0 Å². The summed E-state index contributed by atoms with van der Waals surface area (Å²) in [5.41, 5.74) is 0.178. The molecule has 2 heteroatoms. The lowest BCUT2D eigenvalue weighted by molar-refractivity contribution is 0.0442. The van der Waals surface area contributed by atoms with Crippen molar-refractivity contribution in [2.24, 2.45) is 0 Å². The smallest absolute Gasteiger partial charge is 0.130 e. The lowest BCUT2D eigenvalue weighted by atomic mass is 9.79. The summed E-state index contributed by atoms with van der Waals surface area (Å²) in [6.45, 7) is 0.769. The van der Waals surface area contributed by atoms with Gasteiger partial charge in [-0.1, -0.05) is 60.7 Å². The Morgan fingerprint density at radius 3 is 1.95 bits per heavy atom. The van der Waals surface area contributed by atoms with E-state index in [9.17, 15) is 5.11 Å². The zero-order chi connectivity index (χ0) is 14.1. The number of nitrogens with one attached hydrogen (secondary N) is 1. The molecule has 2 nitrogen and oxygen atoms in total. The molecule has 0 spiro atoms. The van der Waals surface area contributed by atoms with Crippen molar-refractivity contribution in [2.45, 2.75) is 24.5 Å². The molecule has 1 aliphatic heterocycles. The molecule has 0 bridgehead atoms. The highest BCUT2D eigenvalue weighted by molar-refractivity contribution is 5.38. The van der Waals surface area contributed by atoms with Crippen LogP contribution < -0.4 is 5.32 Å². The molecule has 1 saturated heterocycles. The average Bonchev–Trinajstić information content (AvgIpc) is 2.96. The van der Waals surface area contributed by atoms with Gasteiger partial charge in [-0.05, 0) is 30.5 Å². The van der Waals surface area contributed by atoms with Gasteiger partial charge in [0.1, 0.15) is 5.60 Å². The van der Waals surface area contributed by atoms with E-state index < -0.39 is 11.6 Å². The van der Waals surface area contributed by atoms with Crippen LogP contribution in [0.1, 0.15) is 25.3 Å². The maximum Gasteiger partial charge on any atom is 0.130 e. The van der Waals surface area contributed by atoms with E-state index in [-0.39, 0.29) is 0 Å². The highest BCUT2D eigenvalue weighted by Gasteiger charge is 2.41. The Morgan fingerprint density at radius 2 is 1.53 bits per heavy atom. The molecule has 0 aliphatic carbocycles. The number of rotatable bonds is 3. The van der Waals surface area contributed by atoms with Crippen LogP contribution in [-0.4, -0.2) is 17.7 Å². The van der Waals surface area contributed by atoms with Crippen LogP contribution in [0.4, 0.5) is 0 Å². The highest BCUT2D eigenvalue weighted by atomic mass is 16.3. The lowest BCUT2D eigenvalue weighted by Gasteiger charge is -2.35. The third-order valence-corrected chi connectivity index (χ3v) is 3.76. The van der Waals surface area contributed by atoms with Gasteiger partial charge in [-0.2, -0.15) is 0 Å². The van der Waals surface area contributed by atoms with E-state index in [2.05, 4.69) is 5.32 Å². The average molecular weight is 254 g/mol. The molecule has 1 heterocycles. The summed E-state index contributed by atoms with van der Waals surface area (Å²) < 4.78 is 8.75. The maximum atomic E-state index is 11.5.